The van der Waals surface area contributed by atoms with Crippen LogP contribution in [0, 0.1) is 43.8 Å². The first kappa shape index (κ1) is 15.4. The molecule has 0 saturated heterocycles. The smallest absolute Gasteiger partial charge is 0.196 e. The summed E-state index contributed by atoms with van der Waals surface area (Å²) in [6.07, 6.45) is 0.770. The van der Waals surface area contributed by atoms with Crippen LogP contribution in [0.1, 0.15) is 40.3 Å². The number of nitrogens with one attached hydrogen (secondary N) is 1. The average Bonchev–Trinajstić information content (AvgIpc) is 3.00. The van der Waals surface area contributed by atoms with Crippen LogP contribution in [0.15, 0.2) is 30.3 Å². The molecule has 2 aliphatic rings. The number of nitrogens with zero attached hydrogens (tertiary/aromatic N) is 3. The minimum absolute atomic E-state index is 0. The fourth-order valence-corrected chi connectivity index (χ4v) is 3.63. The molecule has 0 unspecified atom stereocenters. The van der Waals surface area contributed by atoms with Crippen molar-refractivity contribution in [2.24, 2.45) is 0 Å². The van der Waals surface area contributed by atoms with Gasteiger partial charge in [-0.05, 0) is 18.6 Å². The van der Waals surface area contributed by atoms with E-state index in [2.05, 4.69) is 25.9 Å². The fraction of sp³-hybridized carbons (Fsp3) is 0.188. The first-order valence-electron chi connectivity index (χ1n) is 7.08. The third kappa shape index (κ3) is 2.14. The maximum Gasteiger partial charge on any atom is 0.196 e. The van der Waals surface area contributed by atoms with E-state index in [1.165, 1.54) is 0 Å². The second kappa shape index (κ2) is 5.45. The van der Waals surface area contributed by atoms with E-state index in [9.17, 15) is 4.79 Å². The van der Waals surface area contributed by atoms with E-state index in [1.54, 1.807) is 6.07 Å². The number of rotatable bonds is 0. The number of aromatic nitrogens is 3. The number of carbonyl (C=O) groups is 1. The molecule has 3 aromatic rings. The van der Waals surface area contributed by atoms with Gasteiger partial charge in [0, 0.05) is 43.8 Å². The monoisotopic (exact) mass is 474 g/mol. The molecule has 119 valence electrons. The van der Waals surface area contributed by atoms with Gasteiger partial charge in [0.05, 0.1) is 6.04 Å². The van der Waals surface area contributed by atoms with E-state index in [-0.39, 0.29) is 55.7 Å². The van der Waals surface area contributed by atoms with Crippen LogP contribution in [0.3, 0.4) is 0 Å². The van der Waals surface area contributed by atoms with Gasteiger partial charge in [0.15, 0.2) is 11.6 Å². The van der Waals surface area contributed by atoms with Gasteiger partial charge in [-0.25, -0.2) is 9.97 Å². The third-order valence-corrected chi connectivity index (χ3v) is 4.59. The van der Waals surface area contributed by atoms with Crippen molar-refractivity contribution in [2.75, 3.05) is 0 Å². The van der Waals surface area contributed by atoms with Gasteiger partial charge in [0.2, 0.25) is 0 Å². The van der Waals surface area contributed by atoms with Gasteiger partial charge in [0.1, 0.15) is 16.5 Å². The number of benzene rings is 1. The van der Waals surface area contributed by atoms with Crippen LogP contribution in [-0.2, 0) is 0 Å². The molecule has 2 atom stereocenters. The molecule has 1 N–H and O–H groups in total. The van der Waals surface area contributed by atoms with Crippen molar-refractivity contribution in [1.82, 2.24) is 19.9 Å². The van der Waals surface area contributed by atoms with E-state index >= 15 is 0 Å². The van der Waals surface area contributed by atoms with Crippen LogP contribution in [0.25, 0.3) is 11.2 Å². The van der Waals surface area contributed by atoms with Gasteiger partial charge in [-0.15, -0.1) is 5.56 Å². The summed E-state index contributed by atoms with van der Waals surface area (Å²) in [5.74, 6) is 0.773. The molecule has 2 aromatic heterocycles. The SMILES string of the molecule is O=C1N[C@@H]2C[C@H](c3[c-]cccc31)n1c2nc2ccc(Cl)nc21.[Ho]. The number of hydrogen-bond donors (Lipinski definition) is 1. The van der Waals surface area contributed by atoms with Crippen LogP contribution in [0.2, 0.25) is 5.15 Å². The Hall–Kier alpha value is -1.14. The van der Waals surface area contributed by atoms with E-state index in [0.29, 0.717) is 10.7 Å². The van der Waals surface area contributed by atoms with Gasteiger partial charge in [-0.1, -0.05) is 17.2 Å². The topological polar surface area (TPSA) is 59.8 Å². The number of halogens is 1. The summed E-state index contributed by atoms with van der Waals surface area (Å²) in [6.45, 7) is 0. The molecule has 1 amide bonds. The molecule has 23 heavy (non-hydrogen) atoms. The number of fused-ring (bicyclic) bond motifs is 9. The van der Waals surface area contributed by atoms with Crippen LogP contribution < -0.4 is 5.32 Å². The summed E-state index contributed by atoms with van der Waals surface area (Å²) < 4.78 is 2.08. The first-order chi connectivity index (χ1) is 10.7. The van der Waals surface area contributed by atoms with Crippen molar-refractivity contribution in [3.63, 3.8) is 0 Å². The summed E-state index contributed by atoms with van der Waals surface area (Å²) in [4.78, 5) is 21.4. The Balaban J connectivity index is 0.00000135. The van der Waals surface area contributed by atoms with Crippen LogP contribution >= 0.6 is 11.6 Å². The second-order valence-electron chi connectivity index (χ2n) is 5.59. The number of pyridine rings is 1. The Bertz CT molecular complexity index is 954. The Morgan fingerprint density at radius 3 is 3.04 bits per heavy atom. The molecule has 1 radical (unpaired) electrons. The van der Waals surface area contributed by atoms with Crippen molar-refractivity contribution in [3.05, 3.63) is 58.5 Å². The zero-order valence-corrected chi connectivity index (χ0v) is 14.4. The zero-order valence-electron chi connectivity index (χ0n) is 11.7. The van der Waals surface area contributed by atoms with E-state index in [4.69, 9.17) is 11.6 Å². The predicted molar refractivity (Wildman–Crippen MR) is 80.8 cm³/mol. The van der Waals surface area contributed by atoms with E-state index in [0.717, 1.165) is 29.0 Å². The molecule has 2 aliphatic heterocycles. The maximum absolute atomic E-state index is 12.4. The Morgan fingerprint density at radius 2 is 2.17 bits per heavy atom. The van der Waals surface area contributed by atoms with Crippen molar-refractivity contribution >= 4 is 28.7 Å². The molecule has 4 heterocycles. The van der Waals surface area contributed by atoms with Crippen LogP contribution in [0.4, 0.5) is 0 Å². The number of amides is 1. The summed E-state index contributed by atoms with van der Waals surface area (Å²) in [5.41, 5.74) is 3.11. The largest absolute Gasteiger partial charge is 0.352 e. The Labute approximate surface area is 167 Å². The molecule has 5 rings (SSSR count). The van der Waals surface area contributed by atoms with Crippen molar-refractivity contribution in [1.29, 1.82) is 0 Å². The van der Waals surface area contributed by atoms with Crippen molar-refractivity contribution < 1.29 is 42.5 Å². The predicted octanol–water partition coefficient (Wildman–Crippen LogP) is 2.66. The van der Waals surface area contributed by atoms with Gasteiger partial charge in [0.25, 0.3) is 0 Å². The van der Waals surface area contributed by atoms with Crippen molar-refractivity contribution in [2.45, 2.75) is 18.5 Å². The molecule has 0 saturated carbocycles. The number of imidazole rings is 1. The normalized spacial score (nSPS) is 21.2. The van der Waals surface area contributed by atoms with Gasteiger partial charge >= 0.3 is 0 Å². The Kier molecular flexibility index (Phi) is 3.65. The standard InChI is InChI=1S/C16H10ClN4O.Ho/c17-13-6-5-10-14(20-13)21-12-7-11(15(21)18-10)19-16(22)9-4-2-1-3-8(9)12;/h1-2,4-6,11-12H,7H2,(H,19,22);/q-1;/t11-,12-;/m1./s1. The molecule has 2 bridgehead atoms. The quantitative estimate of drug-likeness (QED) is 0.310. The first-order valence-corrected chi connectivity index (χ1v) is 7.46. The fourth-order valence-electron chi connectivity index (χ4n) is 3.49. The molecular formula is C16H10ClHoN4O-. The van der Waals surface area contributed by atoms with Gasteiger partial charge in [-0.2, -0.15) is 24.3 Å². The molecule has 7 heteroatoms. The van der Waals surface area contributed by atoms with Gasteiger partial charge < -0.3 is 9.88 Å². The summed E-state index contributed by atoms with van der Waals surface area (Å²) in [6, 6.07) is 12.2. The van der Waals surface area contributed by atoms with Crippen molar-refractivity contribution in [3.8, 4) is 0 Å². The maximum atomic E-state index is 12.4. The molecule has 0 spiro atoms. The summed E-state index contributed by atoms with van der Waals surface area (Å²) in [7, 11) is 0. The van der Waals surface area contributed by atoms with Gasteiger partial charge in [-0.3, -0.25) is 4.79 Å². The molecule has 1 aromatic carbocycles. The van der Waals surface area contributed by atoms with Crippen LogP contribution in [-0.4, -0.2) is 20.4 Å². The summed E-state index contributed by atoms with van der Waals surface area (Å²) in [5, 5.41) is 3.50. The summed E-state index contributed by atoms with van der Waals surface area (Å²) >= 11 is 6.05. The molecule has 0 fully saturated rings. The second-order valence-corrected chi connectivity index (χ2v) is 5.98. The van der Waals surface area contributed by atoms with E-state index in [1.807, 2.05) is 24.3 Å². The third-order valence-electron chi connectivity index (χ3n) is 4.38. The zero-order chi connectivity index (χ0) is 14.8. The minimum Gasteiger partial charge on any atom is -0.352 e. The minimum atomic E-state index is -0.105. The van der Waals surface area contributed by atoms with E-state index < -0.39 is 0 Å². The molecule has 5 nitrogen and oxygen atoms in total. The van der Waals surface area contributed by atoms with Crippen LogP contribution in [0.5, 0.6) is 0 Å². The average molecular weight is 475 g/mol. The Morgan fingerprint density at radius 1 is 1.30 bits per heavy atom. The molecule has 0 aliphatic carbocycles. The number of carbonyl (C=O) groups excluding carboxylic acids is 1. The number of hydrogen-bond acceptors (Lipinski definition) is 3. The molecular weight excluding hydrogens is 465 g/mol.